The number of fused-ring (bicyclic) bond motifs is 3. The molecule has 0 spiro atoms. The number of hydrogen-bond acceptors (Lipinski definition) is 3. The predicted molar refractivity (Wildman–Crippen MR) is 104 cm³/mol. The van der Waals surface area contributed by atoms with E-state index in [9.17, 15) is 0 Å². The van der Waals surface area contributed by atoms with Crippen LogP contribution < -0.4 is 9.64 Å². The molecule has 25 heavy (non-hydrogen) atoms. The average molecular weight is 336 g/mol. The number of piperazine rings is 1. The van der Waals surface area contributed by atoms with Gasteiger partial charge in [0.25, 0.3) is 0 Å². The van der Waals surface area contributed by atoms with E-state index in [2.05, 4.69) is 65.3 Å². The molecule has 2 bridgehead atoms. The van der Waals surface area contributed by atoms with Crippen molar-refractivity contribution < 1.29 is 4.74 Å². The number of hydrogen-bond donors (Lipinski definition) is 0. The van der Waals surface area contributed by atoms with E-state index in [4.69, 9.17) is 4.74 Å². The maximum Gasteiger partial charge on any atom is 0.119 e. The van der Waals surface area contributed by atoms with Crippen molar-refractivity contribution in [1.82, 2.24) is 4.90 Å². The Morgan fingerprint density at radius 1 is 1.00 bits per heavy atom. The second-order valence-electron chi connectivity index (χ2n) is 7.41. The van der Waals surface area contributed by atoms with Crippen molar-refractivity contribution in [2.45, 2.75) is 38.3 Å². The van der Waals surface area contributed by atoms with E-state index in [1.165, 1.54) is 42.7 Å². The fourth-order valence-corrected chi connectivity index (χ4v) is 4.43. The Balaban J connectivity index is 1.41. The highest BCUT2D eigenvalue weighted by molar-refractivity contribution is 5.48. The van der Waals surface area contributed by atoms with Crippen LogP contribution in [-0.2, 0) is 6.42 Å². The quantitative estimate of drug-likeness (QED) is 0.823. The molecular formula is C22H28N2O. The summed E-state index contributed by atoms with van der Waals surface area (Å²) >= 11 is 0. The van der Waals surface area contributed by atoms with Crippen molar-refractivity contribution in [1.29, 1.82) is 0 Å². The van der Waals surface area contributed by atoms with Gasteiger partial charge in [-0.3, -0.25) is 4.90 Å². The normalized spacial score (nSPS) is 23.0. The van der Waals surface area contributed by atoms with Gasteiger partial charge in [-0.15, -0.1) is 0 Å². The van der Waals surface area contributed by atoms with Crippen molar-refractivity contribution in [2.75, 3.05) is 31.6 Å². The second-order valence-corrected chi connectivity index (χ2v) is 7.41. The molecule has 3 nitrogen and oxygen atoms in total. The van der Waals surface area contributed by atoms with Crippen LogP contribution in [0.1, 0.15) is 24.0 Å². The molecule has 0 saturated carbocycles. The third-order valence-electron chi connectivity index (χ3n) is 5.96. The zero-order valence-electron chi connectivity index (χ0n) is 15.3. The highest BCUT2D eigenvalue weighted by Gasteiger charge is 2.38. The van der Waals surface area contributed by atoms with Crippen molar-refractivity contribution >= 4 is 5.69 Å². The Labute approximate surface area is 151 Å². The monoisotopic (exact) mass is 336 g/mol. The van der Waals surface area contributed by atoms with E-state index in [0.29, 0.717) is 12.1 Å². The fourth-order valence-electron chi connectivity index (χ4n) is 4.43. The lowest BCUT2D eigenvalue weighted by Gasteiger charge is -2.52. The third kappa shape index (κ3) is 3.38. The van der Waals surface area contributed by atoms with E-state index in [1.807, 2.05) is 0 Å². The van der Waals surface area contributed by atoms with Crippen LogP contribution in [0.4, 0.5) is 5.69 Å². The summed E-state index contributed by atoms with van der Waals surface area (Å²) in [5.74, 6) is 0.969. The lowest BCUT2D eigenvalue weighted by atomic mass is 9.89. The van der Waals surface area contributed by atoms with Gasteiger partial charge >= 0.3 is 0 Å². The molecule has 5 rings (SSSR count). The number of anilines is 1. The number of ether oxygens (including phenoxy) is 1. The van der Waals surface area contributed by atoms with Gasteiger partial charge in [-0.1, -0.05) is 24.3 Å². The first-order valence-corrected chi connectivity index (χ1v) is 9.44. The summed E-state index contributed by atoms with van der Waals surface area (Å²) < 4.78 is 5.39. The van der Waals surface area contributed by atoms with Gasteiger partial charge in [0, 0.05) is 37.4 Å². The van der Waals surface area contributed by atoms with Gasteiger partial charge in [-0.05, 0) is 61.6 Å². The van der Waals surface area contributed by atoms with Gasteiger partial charge in [0.05, 0.1) is 7.11 Å². The number of piperidine rings is 2. The predicted octanol–water partition coefficient (Wildman–Crippen LogP) is 3.90. The molecule has 2 atom stereocenters. The standard InChI is InChI=1S/C22H28N2O/c1-17-8-11-22(25-2)14-18(17)12-13-23-15-21-10-9-20(23)16-24(21)19-6-4-3-5-7-19/h3-8,11,14,20-21H,9-10,12-13,15-16H2,1-2H3. The van der Waals surface area contributed by atoms with Crippen molar-refractivity contribution in [3.63, 3.8) is 0 Å². The van der Waals surface area contributed by atoms with Gasteiger partial charge < -0.3 is 9.64 Å². The first-order chi connectivity index (χ1) is 12.2. The van der Waals surface area contributed by atoms with E-state index in [-0.39, 0.29) is 0 Å². The van der Waals surface area contributed by atoms with E-state index >= 15 is 0 Å². The summed E-state index contributed by atoms with van der Waals surface area (Å²) in [6, 6.07) is 18.7. The van der Waals surface area contributed by atoms with Crippen molar-refractivity contribution in [3.8, 4) is 5.75 Å². The molecular weight excluding hydrogens is 308 g/mol. The van der Waals surface area contributed by atoms with Crippen LogP contribution in [0.3, 0.4) is 0 Å². The molecule has 3 fully saturated rings. The summed E-state index contributed by atoms with van der Waals surface area (Å²) in [7, 11) is 1.75. The molecule has 132 valence electrons. The molecule has 0 aromatic heterocycles. The van der Waals surface area contributed by atoms with Gasteiger partial charge in [0.2, 0.25) is 0 Å². The average Bonchev–Trinajstić information content (AvgIpc) is 2.68. The first kappa shape index (κ1) is 16.5. The Morgan fingerprint density at radius 2 is 1.80 bits per heavy atom. The largest absolute Gasteiger partial charge is 0.497 e. The molecule has 0 amide bonds. The van der Waals surface area contributed by atoms with Crippen molar-refractivity contribution in [2.24, 2.45) is 0 Å². The van der Waals surface area contributed by atoms with E-state index in [0.717, 1.165) is 18.7 Å². The number of rotatable bonds is 5. The summed E-state index contributed by atoms with van der Waals surface area (Å²) in [6.45, 7) is 5.72. The van der Waals surface area contributed by atoms with Gasteiger partial charge in [-0.25, -0.2) is 0 Å². The Kier molecular flexibility index (Phi) is 4.67. The summed E-state index contributed by atoms with van der Waals surface area (Å²) in [5.41, 5.74) is 4.18. The first-order valence-electron chi connectivity index (χ1n) is 9.44. The molecule has 2 aromatic rings. The second kappa shape index (κ2) is 7.09. The minimum atomic E-state index is 0.666. The fraction of sp³-hybridized carbons (Fsp3) is 0.455. The van der Waals surface area contributed by atoms with Gasteiger partial charge in [0.1, 0.15) is 5.75 Å². The number of aryl methyl sites for hydroxylation is 1. The molecule has 3 heterocycles. The van der Waals surface area contributed by atoms with E-state index < -0.39 is 0 Å². The van der Waals surface area contributed by atoms with Gasteiger partial charge in [0.15, 0.2) is 0 Å². The van der Waals surface area contributed by atoms with Crippen LogP contribution in [0.25, 0.3) is 0 Å². The molecule has 2 aromatic carbocycles. The van der Waals surface area contributed by atoms with Crippen LogP contribution in [0.5, 0.6) is 5.75 Å². The molecule has 3 aliphatic heterocycles. The van der Waals surface area contributed by atoms with Crippen molar-refractivity contribution in [3.05, 3.63) is 59.7 Å². The molecule has 3 saturated heterocycles. The third-order valence-corrected chi connectivity index (χ3v) is 5.96. The molecule has 0 aliphatic carbocycles. The molecule has 2 unspecified atom stereocenters. The van der Waals surface area contributed by atoms with Crippen LogP contribution in [0, 0.1) is 6.92 Å². The van der Waals surface area contributed by atoms with Gasteiger partial charge in [-0.2, -0.15) is 0 Å². The van der Waals surface area contributed by atoms with Crippen LogP contribution in [0.2, 0.25) is 0 Å². The Bertz CT molecular complexity index is 715. The van der Waals surface area contributed by atoms with Crippen LogP contribution >= 0.6 is 0 Å². The van der Waals surface area contributed by atoms with Crippen LogP contribution in [0.15, 0.2) is 48.5 Å². The maximum atomic E-state index is 5.39. The lowest BCUT2D eigenvalue weighted by molar-refractivity contribution is 0.0974. The zero-order valence-corrected chi connectivity index (χ0v) is 15.3. The zero-order chi connectivity index (χ0) is 17.2. The number of benzene rings is 2. The minimum absolute atomic E-state index is 0.666. The highest BCUT2D eigenvalue weighted by atomic mass is 16.5. The molecule has 0 radical (unpaired) electrons. The summed E-state index contributed by atoms with van der Waals surface area (Å²) in [4.78, 5) is 5.34. The SMILES string of the molecule is COc1ccc(C)c(CCN2CC3CCC2CN3c2ccccc2)c1. The number of methoxy groups -OCH3 is 1. The smallest absolute Gasteiger partial charge is 0.119 e. The maximum absolute atomic E-state index is 5.39. The Morgan fingerprint density at radius 3 is 2.52 bits per heavy atom. The number of para-hydroxylation sites is 1. The molecule has 0 N–H and O–H groups in total. The lowest BCUT2D eigenvalue weighted by Crippen LogP contribution is -2.63. The van der Waals surface area contributed by atoms with Crippen LogP contribution in [-0.4, -0.2) is 43.7 Å². The van der Waals surface area contributed by atoms with E-state index in [1.54, 1.807) is 7.11 Å². The summed E-state index contributed by atoms with van der Waals surface area (Å²) in [5, 5.41) is 0. The minimum Gasteiger partial charge on any atom is -0.497 e. The number of nitrogens with zero attached hydrogens (tertiary/aromatic N) is 2. The molecule has 3 heteroatoms. The summed E-state index contributed by atoms with van der Waals surface area (Å²) in [6.07, 6.45) is 3.77. The Hall–Kier alpha value is -2.00. The topological polar surface area (TPSA) is 15.7 Å². The highest BCUT2D eigenvalue weighted by Crippen LogP contribution is 2.32. The molecule has 3 aliphatic rings.